The number of benzene rings is 1. The Morgan fingerprint density at radius 2 is 1.71 bits per heavy atom. The van der Waals surface area contributed by atoms with Crippen molar-refractivity contribution >= 4 is 0 Å². The number of aliphatic hydroxyl groups is 1. The van der Waals surface area contributed by atoms with Crippen LogP contribution in [0.2, 0.25) is 0 Å². The Balaban J connectivity index is 2.14. The summed E-state index contributed by atoms with van der Waals surface area (Å²) in [6.07, 6.45) is 3.04. The summed E-state index contributed by atoms with van der Waals surface area (Å²) in [6, 6.07) is 7.95. The Bertz CT molecular complexity index is 499. The number of hydrogen-bond donors (Lipinski definition) is 3. The molecule has 0 spiro atoms. The predicted octanol–water partition coefficient (Wildman–Crippen LogP) is 1.77. The van der Waals surface area contributed by atoms with Crippen LogP contribution in [0.3, 0.4) is 0 Å². The van der Waals surface area contributed by atoms with Gasteiger partial charge in [-0.25, -0.2) is 0 Å². The SMILES string of the molecule is Oc1ccc(C(O)Cc2ccncc2)cc1O. The summed E-state index contributed by atoms with van der Waals surface area (Å²) in [5, 5.41) is 28.5. The zero-order valence-electron chi connectivity index (χ0n) is 9.11. The lowest BCUT2D eigenvalue weighted by atomic mass is 10.0. The van der Waals surface area contributed by atoms with Crippen molar-refractivity contribution in [1.82, 2.24) is 4.98 Å². The van der Waals surface area contributed by atoms with Gasteiger partial charge in [-0.15, -0.1) is 0 Å². The van der Waals surface area contributed by atoms with Crippen LogP contribution in [0.1, 0.15) is 17.2 Å². The molecule has 3 N–H and O–H groups in total. The summed E-state index contributed by atoms with van der Waals surface area (Å²) in [5.41, 5.74) is 1.53. The highest BCUT2D eigenvalue weighted by Crippen LogP contribution is 2.28. The molecule has 0 fully saturated rings. The number of aromatic hydroxyl groups is 2. The van der Waals surface area contributed by atoms with E-state index < -0.39 is 6.10 Å². The van der Waals surface area contributed by atoms with Gasteiger partial charge in [0.15, 0.2) is 11.5 Å². The van der Waals surface area contributed by atoms with Crippen molar-refractivity contribution in [2.45, 2.75) is 12.5 Å². The zero-order valence-corrected chi connectivity index (χ0v) is 9.11. The topological polar surface area (TPSA) is 73.6 Å². The number of hydrogen-bond acceptors (Lipinski definition) is 4. The van der Waals surface area contributed by atoms with Gasteiger partial charge in [0.05, 0.1) is 6.10 Å². The molecule has 4 heteroatoms. The first-order valence-electron chi connectivity index (χ1n) is 5.25. The van der Waals surface area contributed by atoms with Crippen LogP contribution in [-0.4, -0.2) is 20.3 Å². The Labute approximate surface area is 98.8 Å². The molecule has 1 unspecified atom stereocenters. The summed E-state index contributed by atoms with van der Waals surface area (Å²) in [4.78, 5) is 3.90. The largest absolute Gasteiger partial charge is 0.504 e. The monoisotopic (exact) mass is 231 g/mol. The van der Waals surface area contributed by atoms with E-state index in [1.807, 2.05) is 12.1 Å². The van der Waals surface area contributed by atoms with Crippen molar-refractivity contribution in [3.05, 3.63) is 53.9 Å². The average Bonchev–Trinajstić information content (AvgIpc) is 2.34. The number of nitrogens with zero attached hydrogens (tertiary/aromatic N) is 1. The van der Waals surface area contributed by atoms with Crippen LogP contribution in [0.25, 0.3) is 0 Å². The molecule has 0 aliphatic carbocycles. The van der Waals surface area contributed by atoms with Gasteiger partial charge in [-0.1, -0.05) is 6.07 Å². The Morgan fingerprint density at radius 1 is 1.00 bits per heavy atom. The van der Waals surface area contributed by atoms with Crippen molar-refractivity contribution < 1.29 is 15.3 Å². The maximum Gasteiger partial charge on any atom is 0.157 e. The standard InChI is InChI=1S/C13H13NO3/c15-11-2-1-10(8-13(11)17)12(16)7-9-3-5-14-6-4-9/h1-6,8,12,15-17H,7H2. The second-order valence-electron chi connectivity index (χ2n) is 3.82. The van der Waals surface area contributed by atoms with Gasteiger partial charge in [-0.2, -0.15) is 0 Å². The number of aromatic nitrogens is 1. The van der Waals surface area contributed by atoms with E-state index in [1.165, 1.54) is 12.1 Å². The van der Waals surface area contributed by atoms with Gasteiger partial charge in [-0.3, -0.25) is 4.98 Å². The molecule has 0 saturated heterocycles. The molecule has 0 bridgehead atoms. The lowest BCUT2D eigenvalue weighted by Gasteiger charge is -2.11. The molecule has 88 valence electrons. The van der Waals surface area contributed by atoms with Gasteiger partial charge in [0.25, 0.3) is 0 Å². The fourth-order valence-corrected chi connectivity index (χ4v) is 1.61. The zero-order chi connectivity index (χ0) is 12.3. The lowest BCUT2D eigenvalue weighted by molar-refractivity contribution is 0.178. The maximum atomic E-state index is 9.98. The van der Waals surface area contributed by atoms with Gasteiger partial charge in [0, 0.05) is 18.8 Å². The third kappa shape index (κ3) is 2.73. The molecule has 0 saturated carbocycles. The quantitative estimate of drug-likeness (QED) is 0.704. The Morgan fingerprint density at radius 3 is 2.35 bits per heavy atom. The highest BCUT2D eigenvalue weighted by Gasteiger charge is 2.10. The number of rotatable bonds is 3. The number of phenols is 2. The number of aliphatic hydroxyl groups excluding tert-OH is 1. The van der Waals surface area contributed by atoms with E-state index in [0.29, 0.717) is 12.0 Å². The molecule has 2 rings (SSSR count). The van der Waals surface area contributed by atoms with E-state index in [-0.39, 0.29) is 11.5 Å². The molecule has 1 atom stereocenters. The van der Waals surface area contributed by atoms with Crippen molar-refractivity contribution in [2.75, 3.05) is 0 Å². The van der Waals surface area contributed by atoms with Crippen LogP contribution >= 0.6 is 0 Å². The van der Waals surface area contributed by atoms with Gasteiger partial charge in [0.2, 0.25) is 0 Å². The lowest BCUT2D eigenvalue weighted by Crippen LogP contribution is -2.01. The number of pyridine rings is 1. The summed E-state index contributed by atoms with van der Waals surface area (Å²) >= 11 is 0. The molecule has 0 aliphatic heterocycles. The maximum absolute atomic E-state index is 9.98. The third-order valence-corrected chi connectivity index (χ3v) is 2.56. The van der Waals surface area contributed by atoms with Gasteiger partial charge < -0.3 is 15.3 Å². The Hall–Kier alpha value is -2.07. The second-order valence-corrected chi connectivity index (χ2v) is 3.82. The molecule has 4 nitrogen and oxygen atoms in total. The summed E-state index contributed by atoms with van der Waals surface area (Å²) in [6.45, 7) is 0. The summed E-state index contributed by atoms with van der Waals surface area (Å²) < 4.78 is 0. The third-order valence-electron chi connectivity index (χ3n) is 2.56. The predicted molar refractivity (Wildman–Crippen MR) is 62.7 cm³/mol. The van der Waals surface area contributed by atoms with E-state index in [9.17, 15) is 15.3 Å². The molecular weight excluding hydrogens is 218 g/mol. The van der Waals surface area contributed by atoms with Crippen molar-refractivity contribution in [3.63, 3.8) is 0 Å². The van der Waals surface area contributed by atoms with Crippen molar-refractivity contribution in [2.24, 2.45) is 0 Å². The fraction of sp³-hybridized carbons (Fsp3) is 0.154. The van der Waals surface area contributed by atoms with Crippen LogP contribution in [0.4, 0.5) is 0 Å². The van der Waals surface area contributed by atoms with Crippen molar-refractivity contribution in [3.8, 4) is 11.5 Å². The van der Waals surface area contributed by atoms with Crippen LogP contribution in [0.15, 0.2) is 42.7 Å². The highest BCUT2D eigenvalue weighted by atomic mass is 16.3. The molecule has 0 radical (unpaired) electrons. The second kappa shape index (κ2) is 4.84. The molecule has 1 aromatic carbocycles. The number of phenolic OH excluding ortho intramolecular Hbond substituents is 2. The fourth-order valence-electron chi connectivity index (χ4n) is 1.61. The van der Waals surface area contributed by atoms with Gasteiger partial charge in [-0.05, 0) is 35.4 Å². The molecule has 0 aliphatic rings. The smallest absolute Gasteiger partial charge is 0.157 e. The van der Waals surface area contributed by atoms with E-state index in [1.54, 1.807) is 18.5 Å². The molecule has 1 aromatic heterocycles. The first-order chi connectivity index (χ1) is 8.16. The normalized spacial score (nSPS) is 12.3. The minimum atomic E-state index is -0.719. The minimum Gasteiger partial charge on any atom is -0.504 e. The molecular formula is C13H13NO3. The van der Waals surface area contributed by atoms with E-state index in [0.717, 1.165) is 5.56 Å². The summed E-state index contributed by atoms with van der Waals surface area (Å²) in [7, 11) is 0. The van der Waals surface area contributed by atoms with E-state index in [2.05, 4.69) is 4.98 Å². The molecule has 0 amide bonds. The van der Waals surface area contributed by atoms with Crippen LogP contribution < -0.4 is 0 Å². The molecule has 1 heterocycles. The highest BCUT2D eigenvalue weighted by molar-refractivity contribution is 5.41. The minimum absolute atomic E-state index is 0.190. The first kappa shape index (κ1) is 11.4. The average molecular weight is 231 g/mol. The van der Waals surface area contributed by atoms with Gasteiger partial charge in [0.1, 0.15) is 0 Å². The summed E-state index contributed by atoms with van der Waals surface area (Å²) in [5.74, 6) is -0.416. The van der Waals surface area contributed by atoms with Crippen LogP contribution in [0, 0.1) is 0 Å². The Kier molecular flexibility index (Phi) is 3.25. The van der Waals surface area contributed by atoms with Crippen LogP contribution in [-0.2, 0) is 6.42 Å². The van der Waals surface area contributed by atoms with Crippen LogP contribution in [0.5, 0.6) is 11.5 Å². The van der Waals surface area contributed by atoms with E-state index in [4.69, 9.17) is 0 Å². The van der Waals surface area contributed by atoms with Crippen molar-refractivity contribution in [1.29, 1.82) is 0 Å². The first-order valence-corrected chi connectivity index (χ1v) is 5.25. The van der Waals surface area contributed by atoms with Gasteiger partial charge >= 0.3 is 0 Å². The molecule has 17 heavy (non-hydrogen) atoms. The van der Waals surface area contributed by atoms with E-state index >= 15 is 0 Å². The molecule has 2 aromatic rings.